The van der Waals surface area contributed by atoms with Crippen molar-refractivity contribution in [2.75, 3.05) is 20.5 Å². The van der Waals surface area contributed by atoms with Gasteiger partial charge in [0.05, 0.1) is 29.9 Å². The molecule has 0 aromatic heterocycles. The van der Waals surface area contributed by atoms with Crippen LogP contribution in [0.3, 0.4) is 0 Å². The van der Waals surface area contributed by atoms with E-state index in [0.717, 1.165) is 6.21 Å². The van der Waals surface area contributed by atoms with Crippen LogP contribution in [0.25, 0.3) is 0 Å². The maximum atomic E-state index is 11.8. The molecular formula is C17H15N3O7. The first-order chi connectivity index (χ1) is 13.1. The number of benzene rings is 2. The van der Waals surface area contributed by atoms with E-state index < -0.39 is 10.8 Å². The Kier molecular flexibility index (Phi) is 5.36. The van der Waals surface area contributed by atoms with Gasteiger partial charge in [-0.2, -0.15) is 5.10 Å². The highest BCUT2D eigenvalue weighted by atomic mass is 16.7. The number of para-hydroxylation sites is 2. The Hall–Kier alpha value is -3.82. The van der Waals surface area contributed by atoms with Crippen LogP contribution in [-0.4, -0.2) is 37.6 Å². The molecule has 0 radical (unpaired) electrons. The third kappa shape index (κ3) is 4.24. The summed E-state index contributed by atoms with van der Waals surface area (Å²) in [6, 6.07) is 9.54. The first-order valence-electron chi connectivity index (χ1n) is 7.74. The number of hydrogen-bond acceptors (Lipinski definition) is 8. The van der Waals surface area contributed by atoms with E-state index in [2.05, 4.69) is 10.5 Å². The van der Waals surface area contributed by atoms with E-state index in [9.17, 15) is 14.9 Å². The lowest BCUT2D eigenvalue weighted by Gasteiger charge is -2.09. The molecule has 0 bridgehead atoms. The number of amides is 1. The Balaban J connectivity index is 1.62. The van der Waals surface area contributed by atoms with Crippen LogP contribution in [0.2, 0.25) is 0 Å². The zero-order valence-corrected chi connectivity index (χ0v) is 14.2. The zero-order valence-electron chi connectivity index (χ0n) is 14.2. The molecule has 1 N–H and O–H groups in total. The molecule has 0 aliphatic carbocycles. The van der Waals surface area contributed by atoms with Crippen LogP contribution in [0.1, 0.15) is 5.56 Å². The number of carbonyl (C=O) groups excluding carboxylic acids is 1. The molecular weight excluding hydrogens is 358 g/mol. The van der Waals surface area contributed by atoms with Crippen molar-refractivity contribution in [1.82, 2.24) is 5.43 Å². The van der Waals surface area contributed by atoms with Crippen molar-refractivity contribution in [1.29, 1.82) is 0 Å². The number of nitro groups is 1. The minimum atomic E-state index is -0.573. The normalized spacial score (nSPS) is 12.0. The van der Waals surface area contributed by atoms with Gasteiger partial charge in [0, 0.05) is 0 Å². The van der Waals surface area contributed by atoms with Gasteiger partial charge in [0.15, 0.2) is 29.6 Å². The Morgan fingerprint density at radius 2 is 2.00 bits per heavy atom. The van der Waals surface area contributed by atoms with Gasteiger partial charge in [0.1, 0.15) is 0 Å². The molecule has 1 aliphatic heterocycles. The molecule has 0 saturated carbocycles. The molecule has 0 saturated heterocycles. The summed E-state index contributed by atoms with van der Waals surface area (Å²) < 4.78 is 20.8. The molecule has 2 aromatic rings. The van der Waals surface area contributed by atoms with E-state index in [1.807, 2.05) is 0 Å². The Bertz CT molecular complexity index is 898. The maximum Gasteiger partial charge on any atom is 0.282 e. The molecule has 0 fully saturated rings. The molecule has 3 rings (SSSR count). The van der Waals surface area contributed by atoms with Gasteiger partial charge in [0.25, 0.3) is 11.6 Å². The van der Waals surface area contributed by atoms with Gasteiger partial charge in [-0.1, -0.05) is 12.1 Å². The minimum absolute atomic E-state index is 0.00981. The highest BCUT2D eigenvalue weighted by Crippen LogP contribution is 2.37. The monoisotopic (exact) mass is 373 g/mol. The predicted octanol–water partition coefficient (Wildman–Crippen LogP) is 1.86. The van der Waals surface area contributed by atoms with Crippen LogP contribution in [0.5, 0.6) is 23.0 Å². The number of carbonyl (C=O) groups is 1. The van der Waals surface area contributed by atoms with Crippen molar-refractivity contribution in [2.24, 2.45) is 5.10 Å². The van der Waals surface area contributed by atoms with Crippen molar-refractivity contribution in [3.63, 3.8) is 0 Å². The average Bonchev–Trinajstić information content (AvgIpc) is 3.13. The van der Waals surface area contributed by atoms with E-state index in [1.54, 1.807) is 24.3 Å². The summed E-state index contributed by atoms with van der Waals surface area (Å²) in [5.74, 6) is 1.01. The van der Waals surface area contributed by atoms with Gasteiger partial charge in [-0.3, -0.25) is 14.9 Å². The van der Waals surface area contributed by atoms with E-state index >= 15 is 0 Å². The molecule has 1 amide bonds. The molecule has 1 aliphatic rings. The molecule has 27 heavy (non-hydrogen) atoms. The first-order valence-corrected chi connectivity index (χ1v) is 7.74. The molecule has 1 heterocycles. The van der Waals surface area contributed by atoms with Gasteiger partial charge in [0.2, 0.25) is 6.79 Å². The lowest BCUT2D eigenvalue weighted by molar-refractivity contribution is -0.385. The molecule has 0 spiro atoms. The maximum absolute atomic E-state index is 11.8. The number of nitro benzene ring substituents is 1. The number of ether oxygens (including phenoxy) is 4. The smallest absolute Gasteiger partial charge is 0.282 e. The number of hydrazone groups is 1. The minimum Gasteiger partial charge on any atom is -0.493 e. The Morgan fingerprint density at radius 3 is 2.70 bits per heavy atom. The van der Waals surface area contributed by atoms with Gasteiger partial charge < -0.3 is 18.9 Å². The fourth-order valence-electron chi connectivity index (χ4n) is 2.30. The van der Waals surface area contributed by atoms with Crippen molar-refractivity contribution in [3.05, 3.63) is 52.1 Å². The van der Waals surface area contributed by atoms with Crippen molar-refractivity contribution in [2.45, 2.75) is 0 Å². The number of fused-ring (bicyclic) bond motifs is 1. The second-order valence-corrected chi connectivity index (χ2v) is 5.25. The van der Waals surface area contributed by atoms with Crippen molar-refractivity contribution < 1.29 is 28.7 Å². The summed E-state index contributed by atoms with van der Waals surface area (Å²) in [6.45, 7) is -0.314. The van der Waals surface area contributed by atoms with Crippen molar-refractivity contribution in [3.8, 4) is 23.0 Å². The van der Waals surface area contributed by atoms with Crippen LogP contribution in [-0.2, 0) is 4.79 Å². The largest absolute Gasteiger partial charge is 0.493 e. The lowest BCUT2D eigenvalue weighted by atomic mass is 10.1. The number of rotatable bonds is 7. The van der Waals surface area contributed by atoms with Crippen LogP contribution in [0.4, 0.5) is 5.69 Å². The SMILES string of the molecule is COc1ccccc1OCC(=O)N/N=C/c1cc2c(cc1[N+](=O)[O-])OCO2. The van der Waals surface area contributed by atoms with E-state index in [-0.39, 0.29) is 30.4 Å². The highest BCUT2D eigenvalue weighted by Gasteiger charge is 2.22. The summed E-state index contributed by atoms with van der Waals surface area (Å²) in [4.78, 5) is 22.4. The van der Waals surface area contributed by atoms with Gasteiger partial charge >= 0.3 is 0 Å². The Morgan fingerprint density at radius 1 is 1.30 bits per heavy atom. The van der Waals surface area contributed by atoms with E-state index in [0.29, 0.717) is 17.2 Å². The summed E-state index contributed by atoms with van der Waals surface area (Å²) in [7, 11) is 1.49. The molecule has 140 valence electrons. The quantitative estimate of drug-likeness (QED) is 0.446. The number of methoxy groups -OCH3 is 1. The lowest BCUT2D eigenvalue weighted by Crippen LogP contribution is -2.24. The summed E-state index contributed by atoms with van der Waals surface area (Å²) in [5.41, 5.74) is 2.19. The van der Waals surface area contributed by atoms with Crippen LogP contribution >= 0.6 is 0 Å². The third-order valence-corrected chi connectivity index (χ3v) is 3.54. The number of nitrogens with zero attached hydrogens (tertiary/aromatic N) is 2. The van der Waals surface area contributed by atoms with Gasteiger partial charge in [-0.15, -0.1) is 0 Å². The molecule has 10 nitrogen and oxygen atoms in total. The first kappa shape index (κ1) is 18.0. The third-order valence-electron chi connectivity index (χ3n) is 3.54. The summed E-state index contributed by atoms with van der Waals surface area (Å²) >= 11 is 0. The van der Waals surface area contributed by atoms with E-state index in [4.69, 9.17) is 18.9 Å². The fraction of sp³-hybridized carbons (Fsp3) is 0.176. The van der Waals surface area contributed by atoms with Crippen LogP contribution in [0, 0.1) is 10.1 Å². The molecule has 2 aromatic carbocycles. The predicted molar refractivity (Wildman–Crippen MR) is 93.4 cm³/mol. The zero-order chi connectivity index (χ0) is 19.2. The van der Waals surface area contributed by atoms with Crippen molar-refractivity contribution >= 4 is 17.8 Å². The Labute approximate surface area is 153 Å². The topological polar surface area (TPSA) is 122 Å². The fourth-order valence-corrected chi connectivity index (χ4v) is 2.30. The van der Waals surface area contributed by atoms with Crippen LogP contribution < -0.4 is 24.4 Å². The standard InChI is InChI=1S/C17H15N3O7/c1-24-13-4-2-3-5-14(13)25-9-17(21)19-18-8-11-6-15-16(27-10-26-15)7-12(11)20(22)23/h2-8H,9-10H2,1H3,(H,19,21)/b18-8+. The average molecular weight is 373 g/mol. The van der Waals surface area contributed by atoms with Gasteiger partial charge in [-0.05, 0) is 18.2 Å². The highest BCUT2D eigenvalue weighted by molar-refractivity contribution is 5.88. The molecule has 10 heteroatoms. The van der Waals surface area contributed by atoms with E-state index in [1.165, 1.54) is 19.2 Å². The number of nitrogens with one attached hydrogen (secondary N) is 1. The second-order valence-electron chi connectivity index (χ2n) is 5.25. The second kappa shape index (κ2) is 8.04. The van der Waals surface area contributed by atoms with Gasteiger partial charge in [-0.25, -0.2) is 5.43 Å². The van der Waals surface area contributed by atoms with Crippen LogP contribution in [0.15, 0.2) is 41.5 Å². The summed E-state index contributed by atoms with van der Waals surface area (Å²) in [6.07, 6.45) is 1.15. The number of hydrogen-bond donors (Lipinski definition) is 1. The molecule has 0 unspecified atom stereocenters. The summed E-state index contributed by atoms with van der Waals surface area (Å²) in [5, 5.41) is 14.9. The molecule has 0 atom stereocenters.